The number of carbonyl (C=O) groups excluding carboxylic acids is 3. The van der Waals surface area contributed by atoms with Crippen LogP contribution in [0.2, 0.25) is 0 Å². The van der Waals surface area contributed by atoms with Gasteiger partial charge in [-0.15, -0.1) is 0 Å². The monoisotopic (exact) mass is 401 g/mol. The molecule has 2 heterocycles. The second kappa shape index (κ2) is 9.39. The van der Waals surface area contributed by atoms with Crippen molar-refractivity contribution in [3.63, 3.8) is 0 Å². The van der Waals surface area contributed by atoms with E-state index in [0.29, 0.717) is 25.3 Å². The molecule has 3 rings (SSSR count). The van der Waals surface area contributed by atoms with Crippen molar-refractivity contribution in [3.8, 4) is 0 Å². The van der Waals surface area contributed by atoms with E-state index >= 15 is 0 Å². The minimum absolute atomic E-state index is 0.0125. The summed E-state index contributed by atoms with van der Waals surface area (Å²) in [6.07, 6.45) is 3.17. The van der Waals surface area contributed by atoms with Gasteiger partial charge in [0.25, 0.3) is 5.91 Å². The average molecular weight is 402 g/mol. The summed E-state index contributed by atoms with van der Waals surface area (Å²) in [5.74, 6) is -0.617. The smallest absolute Gasteiger partial charge is 0.251 e. The van der Waals surface area contributed by atoms with E-state index in [0.717, 1.165) is 25.7 Å². The molecule has 1 aromatic carbocycles. The zero-order chi connectivity index (χ0) is 20.9. The SMILES string of the molecule is CC1(C)C[C@H](NC(=O)[C@H]2CCCN(C(=O)CNC(=O)c3ccccc3)C2)CCO1. The molecule has 0 aromatic heterocycles. The Labute approximate surface area is 172 Å². The van der Waals surface area contributed by atoms with Gasteiger partial charge in [-0.1, -0.05) is 18.2 Å². The van der Waals surface area contributed by atoms with Crippen molar-refractivity contribution in [1.29, 1.82) is 0 Å². The van der Waals surface area contributed by atoms with Crippen molar-refractivity contribution in [2.75, 3.05) is 26.2 Å². The van der Waals surface area contributed by atoms with Gasteiger partial charge in [0.1, 0.15) is 0 Å². The summed E-state index contributed by atoms with van der Waals surface area (Å²) < 4.78 is 5.71. The van der Waals surface area contributed by atoms with E-state index in [4.69, 9.17) is 4.74 Å². The molecule has 0 radical (unpaired) electrons. The zero-order valence-corrected chi connectivity index (χ0v) is 17.3. The van der Waals surface area contributed by atoms with E-state index in [-0.39, 0.29) is 41.8 Å². The molecular formula is C22H31N3O4. The van der Waals surface area contributed by atoms with Crippen LogP contribution in [0.1, 0.15) is 49.9 Å². The lowest BCUT2D eigenvalue weighted by Gasteiger charge is -2.37. The van der Waals surface area contributed by atoms with Crippen LogP contribution in [0.3, 0.4) is 0 Å². The van der Waals surface area contributed by atoms with Crippen LogP contribution in [0, 0.1) is 5.92 Å². The molecule has 2 N–H and O–H groups in total. The highest BCUT2D eigenvalue weighted by molar-refractivity contribution is 5.96. The molecule has 0 saturated carbocycles. The minimum atomic E-state index is -0.271. The predicted molar refractivity (Wildman–Crippen MR) is 109 cm³/mol. The van der Waals surface area contributed by atoms with Gasteiger partial charge in [-0.25, -0.2) is 0 Å². The number of piperidine rings is 1. The maximum absolute atomic E-state index is 12.7. The van der Waals surface area contributed by atoms with Crippen LogP contribution in [-0.2, 0) is 14.3 Å². The lowest BCUT2D eigenvalue weighted by Crippen LogP contribution is -2.51. The van der Waals surface area contributed by atoms with E-state index in [1.807, 2.05) is 19.9 Å². The first-order chi connectivity index (χ1) is 13.8. The Morgan fingerprint density at radius 3 is 2.66 bits per heavy atom. The van der Waals surface area contributed by atoms with Crippen LogP contribution in [0.4, 0.5) is 0 Å². The molecule has 2 aliphatic heterocycles. The molecule has 7 heteroatoms. The number of nitrogens with zero attached hydrogens (tertiary/aromatic N) is 1. The van der Waals surface area contributed by atoms with Gasteiger partial charge in [-0.3, -0.25) is 14.4 Å². The third kappa shape index (κ3) is 6.03. The predicted octanol–water partition coefficient (Wildman–Crippen LogP) is 1.73. The normalized spacial score (nSPS) is 23.9. The highest BCUT2D eigenvalue weighted by Crippen LogP contribution is 2.25. The standard InChI is InChI=1S/C22H31N3O4/c1-22(2)13-18(10-12-29-22)24-21(28)17-9-6-11-25(15-17)19(26)14-23-20(27)16-7-4-3-5-8-16/h3-5,7-8,17-18H,6,9-15H2,1-2H3,(H,23,27)(H,24,28)/t17-,18+/m0/s1. The average Bonchev–Trinajstić information content (AvgIpc) is 2.71. The zero-order valence-electron chi connectivity index (χ0n) is 17.3. The fraction of sp³-hybridized carbons (Fsp3) is 0.591. The Kier molecular flexibility index (Phi) is 6.90. The van der Waals surface area contributed by atoms with Crippen molar-refractivity contribution in [2.45, 2.75) is 51.2 Å². The van der Waals surface area contributed by atoms with Gasteiger partial charge >= 0.3 is 0 Å². The summed E-state index contributed by atoms with van der Waals surface area (Å²) in [5.41, 5.74) is 0.303. The van der Waals surface area contributed by atoms with Crippen LogP contribution in [0.5, 0.6) is 0 Å². The van der Waals surface area contributed by atoms with E-state index in [9.17, 15) is 14.4 Å². The second-order valence-electron chi connectivity index (χ2n) is 8.53. The first-order valence-electron chi connectivity index (χ1n) is 10.4. The van der Waals surface area contributed by atoms with Gasteiger partial charge < -0.3 is 20.3 Å². The first kappa shape index (κ1) is 21.3. The molecule has 2 fully saturated rings. The van der Waals surface area contributed by atoms with E-state index in [1.165, 1.54) is 0 Å². The van der Waals surface area contributed by atoms with Crippen LogP contribution >= 0.6 is 0 Å². The molecule has 0 unspecified atom stereocenters. The number of benzene rings is 1. The number of rotatable bonds is 5. The van der Waals surface area contributed by atoms with Crippen molar-refractivity contribution in [3.05, 3.63) is 35.9 Å². The first-order valence-corrected chi connectivity index (χ1v) is 10.4. The van der Waals surface area contributed by atoms with E-state index < -0.39 is 0 Å². The fourth-order valence-corrected chi connectivity index (χ4v) is 4.05. The summed E-state index contributed by atoms with van der Waals surface area (Å²) in [6.45, 7) is 5.68. The van der Waals surface area contributed by atoms with Gasteiger partial charge in [-0.2, -0.15) is 0 Å². The summed E-state index contributed by atoms with van der Waals surface area (Å²) in [5, 5.41) is 5.82. The van der Waals surface area contributed by atoms with E-state index in [1.54, 1.807) is 29.2 Å². The molecule has 0 bridgehead atoms. The molecule has 0 spiro atoms. The number of hydrogen-bond donors (Lipinski definition) is 2. The molecule has 7 nitrogen and oxygen atoms in total. The van der Waals surface area contributed by atoms with Gasteiger partial charge in [-0.05, 0) is 51.7 Å². The Balaban J connectivity index is 1.47. The third-order valence-electron chi connectivity index (χ3n) is 5.62. The van der Waals surface area contributed by atoms with Gasteiger partial charge in [0.15, 0.2) is 0 Å². The maximum atomic E-state index is 12.7. The fourth-order valence-electron chi connectivity index (χ4n) is 4.05. The highest BCUT2D eigenvalue weighted by Gasteiger charge is 2.33. The van der Waals surface area contributed by atoms with Crippen molar-refractivity contribution in [1.82, 2.24) is 15.5 Å². The highest BCUT2D eigenvalue weighted by atomic mass is 16.5. The molecule has 2 saturated heterocycles. The minimum Gasteiger partial charge on any atom is -0.375 e. The molecular weight excluding hydrogens is 370 g/mol. The molecule has 0 aliphatic carbocycles. The molecule has 2 aliphatic rings. The number of carbonyl (C=O) groups is 3. The van der Waals surface area contributed by atoms with Crippen LogP contribution in [-0.4, -0.2) is 60.5 Å². The molecule has 158 valence electrons. The van der Waals surface area contributed by atoms with E-state index in [2.05, 4.69) is 10.6 Å². The quantitative estimate of drug-likeness (QED) is 0.787. The largest absolute Gasteiger partial charge is 0.375 e. The van der Waals surface area contributed by atoms with Crippen LogP contribution in [0.15, 0.2) is 30.3 Å². The molecule has 29 heavy (non-hydrogen) atoms. The van der Waals surface area contributed by atoms with Crippen molar-refractivity contribution < 1.29 is 19.1 Å². The Morgan fingerprint density at radius 2 is 1.93 bits per heavy atom. The molecule has 3 amide bonds. The topological polar surface area (TPSA) is 87.7 Å². The Bertz CT molecular complexity index is 735. The van der Waals surface area contributed by atoms with Crippen LogP contribution in [0.25, 0.3) is 0 Å². The molecule has 2 atom stereocenters. The number of hydrogen-bond acceptors (Lipinski definition) is 4. The number of likely N-dealkylation sites (tertiary alicyclic amines) is 1. The Morgan fingerprint density at radius 1 is 1.17 bits per heavy atom. The number of ether oxygens (including phenoxy) is 1. The van der Waals surface area contributed by atoms with Gasteiger partial charge in [0, 0.05) is 31.3 Å². The van der Waals surface area contributed by atoms with Crippen molar-refractivity contribution in [2.24, 2.45) is 5.92 Å². The lowest BCUT2D eigenvalue weighted by molar-refractivity contribution is -0.135. The number of nitrogens with one attached hydrogen (secondary N) is 2. The maximum Gasteiger partial charge on any atom is 0.251 e. The van der Waals surface area contributed by atoms with Crippen LogP contribution < -0.4 is 10.6 Å². The third-order valence-corrected chi connectivity index (χ3v) is 5.62. The lowest BCUT2D eigenvalue weighted by atomic mass is 9.92. The van der Waals surface area contributed by atoms with Gasteiger partial charge in [0.2, 0.25) is 11.8 Å². The van der Waals surface area contributed by atoms with Crippen molar-refractivity contribution >= 4 is 17.7 Å². The molecule has 1 aromatic rings. The van der Waals surface area contributed by atoms with Gasteiger partial charge in [0.05, 0.1) is 18.1 Å². The Hall–Kier alpha value is -2.41. The summed E-state index contributed by atoms with van der Waals surface area (Å²) in [4.78, 5) is 39.1. The summed E-state index contributed by atoms with van der Waals surface area (Å²) in [6, 6.07) is 8.93. The second-order valence-corrected chi connectivity index (χ2v) is 8.53. The summed E-state index contributed by atoms with van der Waals surface area (Å²) in [7, 11) is 0. The summed E-state index contributed by atoms with van der Waals surface area (Å²) >= 11 is 0. The number of amides is 3.